The predicted molar refractivity (Wildman–Crippen MR) is 98.7 cm³/mol. The second-order valence-electron chi connectivity index (χ2n) is 6.08. The molecule has 0 aliphatic carbocycles. The molecule has 0 unspecified atom stereocenters. The molecule has 0 spiro atoms. The summed E-state index contributed by atoms with van der Waals surface area (Å²) in [5.41, 5.74) is 4.76. The number of benzene rings is 2. The van der Waals surface area contributed by atoms with Crippen molar-refractivity contribution >= 4 is 34.9 Å². The number of anilines is 2. The van der Waals surface area contributed by atoms with Gasteiger partial charge in [-0.1, -0.05) is 41.6 Å². The van der Waals surface area contributed by atoms with E-state index < -0.39 is 0 Å². The average molecular weight is 335 g/mol. The van der Waals surface area contributed by atoms with E-state index in [2.05, 4.69) is 5.32 Å². The van der Waals surface area contributed by atoms with Gasteiger partial charge in [0, 0.05) is 10.5 Å². The van der Waals surface area contributed by atoms with E-state index in [4.69, 9.17) is 5.41 Å². The molecule has 0 aromatic heterocycles. The first-order valence-electron chi connectivity index (χ1n) is 7.81. The molecule has 2 heterocycles. The van der Waals surface area contributed by atoms with Crippen LogP contribution in [0.3, 0.4) is 0 Å². The first-order valence-corrected chi connectivity index (χ1v) is 8.62. The minimum atomic E-state index is -0.0483. The molecule has 4 rings (SSSR count). The van der Waals surface area contributed by atoms with E-state index in [0.717, 1.165) is 38.0 Å². The molecule has 2 aromatic rings. The Bertz CT molecular complexity index is 890. The summed E-state index contributed by atoms with van der Waals surface area (Å²) in [7, 11) is 0. The highest BCUT2D eigenvalue weighted by molar-refractivity contribution is 8.03. The van der Waals surface area contributed by atoms with Crippen LogP contribution in [0.2, 0.25) is 0 Å². The van der Waals surface area contributed by atoms with Gasteiger partial charge in [0.2, 0.25) is 5.91 Å². The molecular formula is C19H17N3OS. The molecule has 4 nitrogen and oxygen atoms in total. The highest BCUT2D eigenvalue weighted by atomic mass is 32.2. The van der Waals surface area contributed by atoms with Gasteiger partial charge < -0.3 is 5.32 Å². The Morgan fingerprint density at radius 3 is 2.71 bits per heavy atom. The van der Waals surface area contributed by atoms with Crippen molar-refractivity contribution in [3.63, 3.8) is 0 Å². The van der Waals surface area contributed by atoms with Gasteiger partial charge in [0.05, 0.1) is 22.8 Å². The summed E-state index contributed by atoms with van der Waals surface area (Å²) in [6, 6.07) is 14.0. The fourth-order valence-corrected chi connectivity index (χ4v) is 4.17. The summed E-state index contributed by atoms with van der Waals surface area (Å²) in [6.45, 7) is 4.00. The number of nitrogens with one attached hydrogen (secondary N) is 2. The number of carbonyl (C=O) groups is 1. The van der Waals surface area contributed by atoms with Gasteiger partial charge >= 0.3 is 0 Å². The fraction of sp³-hybridized carbons (Fsp3) is 0.158. The Labute approximate surface area is 145 Å². The van der Waals surface area contributed by atoms with Crippen LogP contribution in [0.25, 0.3) is 0 Å². The van der Waals surface area contributed by atoms with E-state index in [9.17, 15) is 4.79 Å². The van der Waals surface area contributed by atoms with E-state index in [1.54, 1.807) is 11.8 Å². The van der Waals surface area contributed by atoms with Crippen LogP contribution < -0.4 is 10.2 Å². The van der Waals surface area contributed by atoms with Crippen LogP contribution in [0.5, 0.6) is 0 Å². The average Bonchev–Trinajstić information content (AvgIpc) is 3.09. The quantitative estimate of drug-likeness (QED) is 0.809. The molecule has 0 radical (unpaired) electrons. The third-order valence-corrected chi connectivity index (χ3v) is 5.43. The molecule has 0 saturated carbocycles. The van der Waals surface area contributed by atoms with Gasteiger partial charge in [-0.25, -0.2) is 0 Å². The topological polar surface area (TPSA) is 56.2 Å². The highest BCUT2D eigenvalue weighted by Gasteiger charge is 2.36. The van der Waals surface area contributed by atoms with Gasteiger partial charge in [-0.15, -0.1) is 0 Å². The van der Waals surface area contributed by atoms with Crippen molar-refractivity contribution in [1.82, 2.24) is 0 Å². The molecule has 2 aliphatic heterocycles. The molecule has 1 fully saturated rings. The lowest BCUT2D eigenvalue weighted by Crippen LogP contribution is -2.29. The smallest absolute Gasteiger partial charge is 0.237 e. The lowest BCUT2D eigenvalue weighted by molar-refractivity contribution is -0.116. The molecule has 120 valence electrons. The van der Waals surface area contributed by atoms with Crippen molar-refractivity contribution in [3.8, 4) is 0 Å². The van der Waals surface area contributed by atoms with E-state index in [-0.39, 0.29) is 18.2 Å². The van der Waals surface area contributed by atoms with Crippen LogP contribution in [0.4, 0.5) is 11.4 Å². The van der Waals surface area contributed by atoms with Crippen LogP contribution in [0.15, 0.2) is 58.0 Å². The van der Waals surface area contributed by atoms with Crippen LogP contribution in [0, 0.1) is 19.3 Å². The molecule has 24 heavy (non-hydrogen) atoms. The number of amides is 1. The monoisotopic (exact) mass is 335 g/mol. The molecule has 0 atom stereocenters. The van der Waals surface area contributed by atoms with Crippen molar-refractivity contribution in [2.75, 3.05) is 10.2 Å². The first-order chi connectivity index (χ1) is 11.5. The standard InChI is InChI=1S/C19H17N3OS/c1-11-7-8-15(12(2)9-11)22-17(23)10-13(18(22)20)19-21-14-5-3-4-6-16(14)24-19/h3-9,20-21H,10H2,1-2H3/b19-13-,20-18?. The second-order valence-corrected chi connectivity index (χ2v) is 7.13. The highest BCUT2D eigenvalue weighted by Crippen LogP contribution is 2.44. The van der Waals surface area contributed by atoms with Gasteiger partial charge in [0.25, 0.3) is 0 Å². The number of aryl methyl sites for hydroxylation is 2. The Morgan fingerprint density at radius 2 is 1.96 bits per heavy atom. The van der Waals surface area contributed by atoms with Crippen molar-refractivity contribution < 1.29 is 4.79 Å². The van der Waals surface area contributed by atoms with Gasteiger partial charge in [0.1, 0.15) is 5.84 Å². The van der Waals surface area contributed by atoms with E-state index in [1.165, 1.54) is 4.90 Å². The zero-order chi connectivity index (χ0) is 16.8. The maximum Gasteiger partial charge on any atom is 0.237 e. The molecule has 0 bridgehead atoms. The normalized spacial score (nSPS) is 19.7. The van der Waals surface area contributed by atoms with Gasteiger partial charge in [-0.05, 0) is 37.6 Å². The Morgan fingerprint density at radius 1 is 1.17 bits per heavy atom. The predicted octanol–water partition coefficient (Wildman–Crippen LogP) is 4.45. The van der Waals surface area contributed by atoms with Crippen LogP contribution in [-0.2, 0) is 4.79 Å². The number of fused-ring (bicyclic) bond motifs is 1. The Kier molecular flexibility index (Phi) is 3.46. The van der Waals surface area contributed by atoms with Crippen molar-refractivity contribution in [2.24, 2.45) is 0 Å². The lowest BCUT2D eigenvalue weighted by atomic mass is 10.1. The maximum absolute atomic E-state index is 12.6. The van der Waals surface area contributed by atoms with Crippen molar-refractivity contribution in [1.29, 1.82) is 5.41 Å². The number of para-hydroxylation sites is 1. The van der Waals surface area contributed by atoms with E-state index in [1.807, 2.05) is 56.3 Å². The van der Waals surface area contributed by atoms with Gasteiger partial charge in [0.15, 0.2) is 0 Å². The van der Waals surface area contributed by atoms with Crippen LogP contribution in [-0.4, -0.2) is 11.7 Å². The molecular weight excluding hydrogens is 318 g/mol. The molecule has 2 aromatic carbocycles. The van der Waals surface area contributed by atoms with Gasteiger partial charge in [-0.3, -0.25) is 15.1 Å². The number of rotatable bonds is 1. The number of thioether (sulfide) groups is 1. The zero-order valence-electron chi connectivity index (χ0n) is 13.5. The summed E-state index contributed by atoms with van der Waals surface area (Å²) in [5.74, 6) is 0.225. The van der Waals surface area contributed by atoms with Crippen molar-refractivity contribution in [3.05, 3.63) is 64.2 Å². The first kappa shape index (κ1) is 15.0. The number of carbonyl (C=O) groups excluding carboxylic acids is 1. The lowest BCUT2D eigenvalue weighted by Gasteiger charge is -2.19. The molecule has 1 saturated heterocycles. The molecule has 5 heteroatoms. The van der Waals surface area contributed by atoms with Crippen molar-refractivity contribution in [2.45, 2.75) is 25.2 Å². The summed E-state index contributed by atoms with van der Waals surface area (Å²) < 4.78 is 0. The van der Waals surface area contributed by atoms with Crippen LogP contribution >= 0.6 is 11.8 Å². The molecule has 2 N–H and O–H groups in total. The third kappa shape index (κ3) is 2.32. The second kappa shape index (κ2) is 5.53. The minimum Gasteiger partial charge on any atom is -0.349 e. The summed E-state index contributed by atoms with van der Waals surface area (Å²) in [6.07, 6.45) is 0.259. The number of amidine groups is 1. The minimum absolute atomic E-state index is 0.0483. The van der Waals surface area contributed by atoms with Crippen LogP contribution in [0.1, 0.15) is 17.5 Å². The SMILES string of the molecule is Cc1ccc(N2C(=N)/C(=C3/Nc4ccccc4S3)CC2=O)c(C)c1. The Hall–Kier alpha value is -2.53. The molecule has 1 amide bonds. The third-order valence-electron chi connectivity index (χ3n) is 4.30. The zero-order valence-corrected chi connectivity index (χ0v) is 14.3. The van der Waals surface area contributed by atoms with E-state index in [0.29, 0.717) is 0 Å². The van der Waals surface area contributed by atoms with Gasteiger partial charge in [-0.2, -0.15) is 0 Å². The Balaban J connectivity index is 1.71. The number of nitrogens with zero attached hydrogens (tertiary/aromatic N) is 1. The van der Waals surface area contributed by atoms with E-state index >= 15 is 0 Å². The fourth-order valence-electron chi connectivity index (χ4n) is 3.13. The number of hydrogen-bond donors (Lipinski definition) is 2. The largest absolute Gasteiger partial charge is 0.349 e. The summed E-state index contributed by atoms with van der Waals surface area (Å²) in [4.78, 5) is 15.2. The maximum atomic E-state index is 12.6. The number of hydrogen-bond acceptors (Lipinski definition) is 4. The molecule has 2 aliphatic rings. The summed E-state index contributed by atoms with van der Waals surface area (Å²) in [5, 5.41) is 12.8. The summed E-state index contributed by atoms with van der Waals surface area (Å²) >= 11 is 1.59.